The highest BCUT2D eigenvalue weighted by atomic mass is 16.5. The number of para-hydroxylation sites is 8. The lowest BCUT2D eigenvalue weighted by molar-refractivity contribution is 0.302. The molecule has 0 spiro atoms. The first kappa shape index (κ1) is 59.3. The second-order valence-corrected chi connectivity index (χ2v) is 26.6. The van der Waals surface area contributed by atoms with E-state index in [1.165, 1.54) is 43.1 Å². The predicted octanol–water partition coefficient (Wildman–Crippen LogP) is 19.6. The Morgan fingerprint density at radius 3 is 0.721 bits per heavy atom. The van der Waals surface area contributed by atoms with Crippen LogP contribution in [0.5, 0.6) is 23.0 Å². The lowest BCUT2D eigenvalue weighted by atomic mass is 10.1. The summed E-state index contributed by atoms with van der Waals surface area (Å²) in [7, 11) is 0. The molecule has 2 aliphatic heterocycles. The number of H-pyrrole nitrogens is 2. The molecule has 0 amide bonds. The van der Waals surface area contributed by atoms with Crippen molar-refractivity contribution in [1.29, 1.82) is 0 Å². The van der Waals surface area contributed by atoms with Crippen LogP contribution in [0.2, 0.25) is 0 Å². The molecule has 0 atom stereocenters. The van der Waals surface area contributed by atoms with Gasteiger partial charge in [-0.3, -0.25) is 0 Å². The Morgan fingerprint density at radius 2 is 0.442 bits per heavy atom. The minimum absolute atomic E-state index is 0.412. The fraction of sp³-hybridized carbons (Fsp3) is 0.0909. The summed E-state index contributed by atoms with van der Waals surface area (Å²) in [5, 5.41) is 12.9. The van der Waals surface area contributed by atoms with Crippen molar-refractivity contribution < 1.29 is 18.9 Å². The van der Waals surface area contributed by atoms with Crippen molar-refractivity contribution in [2.75, 3.05) is 26.4 Å². The maximum Gasteiger partial charge on any atom is 0.164 e. The zero-order valence-corrected chi connectivity index (χ0v) is 56.2. The number of ether oxygens (including phenoxy) is 4. The molecule has 2 N–H and O–H groups in total. The molecule has 0 saturated carbocycles. The molecule has 0 radical (unpaired) electrons. The van der Waals surface area contributed by atoms with Crippen molar-refractivity contribution in [3.8, 4) is 68.5 Å². The molecular weight excluding hydrogens is 1290 g/mol. The molecule has 2 aliphatic rings. The van der Waals surface area contributed by atoms with Crippen LogP contribution in [0.15, 0.2) is 267 Å². The van der Waals surface area contributed by atoms with Crippen molar-refractivity contribution >= 4 is 131 Å². The Balaban J connectivity index is 0.704. The van der Waals surface area contributed by atoms with Crippen molar-refractivity contribution in [3.63, 3.8) is 0 Å². The molecular formula is C88H62N12O4. The van der Waals surface area contributed by atoms with E-state index in [0.29, 0.717) is 121 Å². The molecule has 7 aromatic heterocycles. The first-order chi connectivity index (χ1) is 51.5. The summed E-state index contributed by atoms with van der Waals surface area (Å²) in [6, 6.07) is 92.6. The highest BCUT2D eigenvalue weighted by Crippen LogP contribution is 2.42. The highest BCUT2D eigenvalue weighted by Gasteiger charge is 2.26. The number of hydrogen-bond acceptors (Lipinski definition) is 10. The van der Waals surface area contributed by atoms with Gasteiger partial charge in [0.25, 0.3) is 0 Å². The number of aromatic nitrogens is 12. The Bertz CT molecular complexity index is 6310. The summed E-state index contributed by atoms with van der Waals surface area (Å²) in [6.07, 6.45) is 0. The van der Waals surface area contributed by atoms with Gasteiger partial charge < -0.3 is 47.2 Å². The second kappa shape index (κ2) is 24.1. The van der Waals surface area contributed by atoms with Crippen molar-refractivity contribution in [2.45, 2.75) is 26.2 Å². The molecule has 498 valence electrons. The van der Waals surface area contributed by atoms with E-state index < -0.39 is 0 Å². The van der Waals surface area contributed by atoms with Gasteiger partial charge in [0.05, 0.1) is 26.2 Å². The first-order valence-corrected chi connectivity index (χ1v) is 35.3. The maximum absolute atomic E-state index is 6.74. The van der Waals surface area contributed by atoms with Crippen LogP contribution in [0, 0.1) is 0 Å². The molecule has 0 unspecified atom stereocenters. The van der Waals surface area contributed by atoms with Crippen LogP contribution in [-0.2, 0) is 26.2 Å². The van der Waals surface area contributed by atoms with Crippen LogP contribution in [0.1, 0.15) is 0 Å². The van der Waals surface area contributed by atoms with Gasteiger partial charge >= 0.3 is 0 Å². The molecule has 104 heavy (non-hydrogen) atoms. The molecule has 0 aliphatic carbocycles. The van der Waals surface area contributed by atoms with Gasteiger partial charge in [-0.25, -0.2) is 29.9 Å². The Kier molecular flexibility index (Phi) is 13.7. The van der Waals surface area contributed by atoms with E-state index in [4.69, 9.17) is 48.9 Å². The van der Waals surface area contributed by atoms with Crippen LogP contribution < -0.4 is 18.9 Å². The van der Waals surface area contributed by atoms with Crippen LogP contribution in [0.4, 0.5) is 0 Å². The van der Waals surface area contributed by atoms with Crippen LogP contribution in [-0.4, -0.2) is 84.6 Å². The normalized spacial score (nSPS) is 12.2. The SMILES string of the molecule is c1ccc2c(c1)c1ccccc1n2CCOc1ccc2c(c1)-c1nc-2nc2[nH]c(nc3nc(nc4[nH]c(n1)c1ccc(OCCn5c6ccccc6c6ccccc65)cc41)-c1ccc(OCCn4c5ccccc5c5ccccc54)cc1-3)c1ccc(OCCn3c4ccccc4c4ccccc43)cc21. The topological polar surface area (TPSA) is 166 Å². The number of nitrogens with zero attached hydrogens (tertiary/aromatic N) is 10. The third-order valence-corrected chi connectivity index (χ3v) is 20.8. The van der Waals surface area contributed by atoms with Crippen molar-refractivity contribution in [3.05, 3.63) is 267 Å². The summed E-state index contributed by atoms with van der Waals surface area (Å²) < 4.78 is 36.3. The number of benzene rings is 12. The third kappa shape index (κ3) is 9.81. The second-order valence-electron chi connectivity index (χ2n) is 26.6. The van der Waals surface area contributed by atoms with Gasteiger partial charge in [0.2, 0.25) is 0 Å². The van der Waals surface area contributed by atoms with E-state index >= 15 is 0 Å². The van der Waals surface area contributed by atoms with E-state index in [1.54, 1.807) is 0 Å². The van der Waals surface area contributed by atoms with E-state index in [9.17, 15) is 0 Å². The third-order valence-electron chi connectivity index (χ3n) is 20.8. The number of nitrogens with one attached hydrogen (secondary N) is 2. The van der Waals surface area contributed by atoms with E-state index in [2.05, 4.69) is 222 Å². The molecule has 19 aromatic rings. The van der Waals surface area contributed by atoms with Gasteiger partial charge in [-0.2, -0.15) is 0 Å². The Morgan fingerprint density at radius 1 is 0.212 bits per heavy atom. The van der Waals surface area contributed by atoms with Crippen molar-refractivity contribution in [1.82, 2.24) is 58.1 Å². The van der Waals surface area contributed by atoms with Gasteiger partial charge in [-0.05, 0) is 121 Å². The smallest absolute Gasteiger partial charge is 0.164 e. The molecule has 21 rings (SSSR count). The predicted molar refractivity (Wildman–Crippen MR) is 416 cm³/mol. The fourth-order valence-electron chi connectivity index (χ4n) is 16.1. The number of rotatable bonds is 16. The Labute approximate surface area is 593 Å². The number of aromatic amines is 2. The quantitative estimate of drug-likeness (QED) is 0.0951. The molecule has 16 nitrogen and oxygen atoms in total. The fourth-order valence-corrected chi connectivity index (χ4v) is 16.1. The van der Waals surface area contributed by atoms with Crippen molar-refractivity contribution in [2.24, 2.45) is 0 Å². The van der Waals surface area contributed by atoms with Crippen LogP contribution >= 0.6 is 0 Å². The molecule has 8 bridgehead atoms. The zero-order chi connectivity index (χ0) is 68.3. The Hall–Kier alpha value is -13.6. The first-order valence-electron chi connectivity index (χ1n) is 35.3. The van der Waals surface area contributed by atoms with Crippen LogP contribution in [0.3, 0.4) is 0 Å². The number of fused-ring (bicyclic) bond motifs is 32. The lowest BCUT2D eigenvalue weighted by Crippen LogP contribution is -2.08. The zero-order valence-electron chi connectivity index (χ0n) is 56.2. The molecule has 16 heteroatoms. The summed E-state index contributed by atoms with van der Waals surface area (Å²) >= 11 is 0. The van der Waals surface area contributed by atoms with E-state index in [1.807, 2.05) is 72.8 Å². The average Bonchev–Trinajstić information content (AvgIpc) is 1.65. The maximum atomic E-state index is 6.74. The van der Waals surface area contributed by atoms with E-state index in [0.717, 1.165) is 87.9 Å². The van der Waals surface area contributed by atoms with Crippen LogP contribution in [0.25, 0.3) is 177 Å². The molecule has 9 heterocycles. The van der Waals surface area contributed by atoms with Gasteiger partial charge in [0.15, 0.2) is 23.3 Å². The minimum atomic E-state index is 0.412. The summed E-state index contributed by atoms with van der Waals surface area (Å²) in [5.74, 6) is 4.50. The van der Waals surface area contributed by atoms with Gasteiger partial charge in [-0.15, -0.1) is 0 Å². The van der Waals surface area contributed by atoms with Gasteiger partial charge in [0, 0.05) is 131 Å². The molecule has 12 aromatic carbocycles. The highest BCUT2D eigenvalue weighted by molar-refractivity contribution is 6.12. The number of hydrogen-bond donors (Lipinski definition) is 2. The molecule has 0 saturated heterocycles. The van der Waals surface area contributed by atoms with Gasteiger partial charge in [-0.1, -0.05) is 146 Å². The monoisotopic (exact) mass is 1350 g/mol. The standard InChI is InChI=1S/C88H62N12O4/c1-9-25-73-57(17-1)58-18-2-10-26-74(58)97(73)41-45-101-53-33-37-65-69(49-53)85-89-81(65)94-86-71-51-55(103-47-43-99-77-29-13-5-21-61(77)62-22-6-14-30-78(62)99)35-39-67(71)83(91-86)96-88-72-52-56(104-48-44-100-79-31-15-7-23-63(79)64-24-8-16-32-80(64)100)36-40-68(72)84(92-88)95-87-70-50-54(34-38-66(70)82(90-87)93-85)102-46-42-98-75-27-11-3-19-59(75)60-20-4-12-28-76(60)98/h1-40,49-52H,41-48H2,(H2,89,90,91,92,93,94,95,96). The van der Waals surface area contributed by atoms with Gasteiger partial charge in [0.1, 0.15) is 72.0 Å². The minimum Gasteiger partial charge on any atom is -0.492 e. The summed E-state index contributed by atoms with van der Waals surface area (Å²) in [6.45, 7) is 4.17. The lowest BCUT2D eigenvalue weighted by Gasteiger charge is -2.11. The molecule has 0 fully saturated rings. The summed E-state index contributed by atoms with van der Waals surface area (Å²) in [4.78, 5) is 40.0. The largest absolute Gasteiger partial charge is 0.492 e. The summed E-state index contributed by atoms with van der Waals surface area (Å²) in [5.41, 5.74) is 14.5. The van der Waals surface area contributed by atoms with E-state index in [-0.39, 0.29) is 0 Å². The average molecular weight is 1350 g/mol.